The molecule has 1 aromatic carbocycles. The second kappa shape index (κ2) is 10.0. The number of benzene rings is 1. The molecule has 0 spiro atoms. The standard InChI is InChI=1S/C27H25F3N6O3/c1-32-24(36-22-13-33-14-23(35-22)39-17-4-5-17)18(11-31)21-7-3-16(12-34-21)15-2-6-19(20(10-15)27(28,29)30)26(8-9-26)25(37)38/h2-3,6-7,10-14,17,31-32H,4-5,8-9H2,1H3,(H,35,36)(H,37,38)/b24-18-,31-11?. The Labute approximate surface area is 221 Å². The summed E-state index contributed by atoms with van der Waals surface area (Å²) >= 11 is 0. The lowest BCUT2D eigenvalue weighted by atomic mass is 9.88. The number of nitrogens with zero attached hydrogens (tertiary/aromatic N) is 3. The van der Waals surface area contributed by atoms with Gasteiger partial charge in [0.15, 0.2) is 5.82 Å². The highest BCUT2D eigenvalue weighted by Crippen LogP contribution is 2.52. The number of rotatable bonds is 10. The molecule has 2 aliphatic carbocycles. The number of carbonyl (C=O) groups is 1. The summed E-state index contributed by atoms with van der Waals surface area (Å²) in [7, 11) is 1.65. The average molecular weight is 539 g/mol. The zero-order valence-corrected chi connectivity index (χ0v) is 20.8. The van der Waals surface area contributed by atoms with Crippen LogP contribution in [0.25, 0.3) is 16.7 Å². The summed E-state index contributed by atoms with van der Waals surface area (Å²) in [6.45, 7) is 0. The van der Waals surface area contributed by atoms with Gasteiger partial charge in [0.25, 0.3) is 0 Å². The number of hydrogen-bond acceptors (Lipinski definition) is 8. The van der Waals surface area contributed by atoms with Crippen LogP contribution >= 0.6 is 0 Å². The summed E-state index contributed by atoms with van der Waals surface area (Å²) < 4.78 is 47.4. The maximum absolute atomic E-state index is 13.9. The van der Waals surface area contributed by atoms with Crippen molar-refractivity contribution in [1.29, 1.82) is 5.41 Å². The molecular formula is C27H25F3N6O3. The highest BCUT2D eigenvalue weighted by Gasteiger charge is 2.55. The van der Waals surface area contributed by atoms with Gasteiger partial charge in [0.1, 0.15) is 11.9 Å². The SMILES string of the molecule is CN/C(Nc1cncc(OC2CC2)n1)=C(\C=N)c1ccc(-c2ccc(C3(C(=O)O)CC3)c(C(F)(F)F)c2)cn1. The van der Waals surface area contributed by atoms with Crippen LogP contribution < -0.4 is 15.4 Å². The Bertz CT molecular complexity index is 1450. The first kappa shape index (κ1) is 26.1. The Hall–Kier alpha value is -4.48. The van der Waals surface area contributed by atoms with Gasteiger partial charge in [-0.25, -0.2) is 0 Å². The third-order valence-electron chi connectivity index (χ3n) is 6.71. The molecule has 2 fully saturated rings. The molecule has 0 saturated heterocycles. The summed E-state index contributed by atoms with van der Waals surface area (Å²) in [4.78, 5) is 24.6. The van der Waals surface area contributed by atoms with Gasteiger partial charge >= 0.3 is 12.1 Å². The zero-order valence-electron chi connectivity index (χ0n) is 20.8. The van der Waals surface area contributed by atoms with Gasteiger partial charge in [-0.2, -0.15) is 18.2 Å². The first-order valence-corrected chi connectivity index (χ1v) is 12.2. The van der Waals surface area contributed by atoms with Crippen molar-refractivity contribution in [1.82, 2.24) is 20.3 Å². The van der Waals surface area contributed by atoms with E-state index in [1.54, 1.807) is 19.2 Å². The third-order valence-corrected chi connectivity index (χ3v) is 6.71. The van der Waals surface area contributed by atoms with Gasteiger partial charge in [-0.05, 0) is 48.9 Å². The van der Waals surface area contributed by atoms with Crippen LogP contribution in [-0.2, 0) is 16.4 Å². The molecule has 0 aliphatic heterocycles. The van der Waals surface area contributed by atoms with E-state index in [0.717, 1.165) is 25.1 Å². The number of halogens is 3. The van der Waals surface area contributed by atoms with Gasteiger partial charge in [0, 0.05) is 25.0 Å². The minimum atomic E-state index is -4.71. The third kappa shape index (κ3) is 5.40. The van der Waals surface area contributed by atoms with E-state index in [-0.39, 0.29) is 30.1 Å². The van der Waals surface area contributed by atoms with Crippen LogP contribution in [0.3, 0.4) is 0 Å². The largest absolute Gasteiger partial charge is 0.481 e. The van der Waals surface area contributed by atoms with E-state index in [4.69, 9.17) is 10.1 Å². The van der Waals surface area contributed by atoms with Gasteiger partial charge in [0.05, 0.1) is 34.6 Å². The number of carboxylic acids is 1. The quantitative estimate of drug-likeness (QED) is 0.269. The van der Waals surface area contributed by atoms with Crippen LogP contribution in [0, 0.1) is 5.41 Å². The van der Waals surface area contributed by atoms with Crippen molar-refractivity contribution in [2.75, 3.05) is 12.4 Å². The Kier molecular flexibility index (Phi) is 6.71. The Morgan fingerprint density at radius 1 is 1.15 bits per heavy atom. The molecule has 3 aromatic rings. The van der Waals surface area contributed by atoms with Gasteiger partial charge in [0.2, 0.25) is 5.88 Å². The van der Waals surface area contributed by atoms with Crippen LogP contribution in [0.5, 0.6) is 5.88 Å². The molecule has 39 heavy (non-hydrogen) atoms. The topological polar surface area (TPSA) is 133 Å². The monoisotopic (exact) mass is 538 g/mol. The smallest absolute Gasteiger partial charge is 0.416 e. The lowest BCUT2D eigenvalue weighted by molar-refractivity contribution is -0.142. The fraction of sp³-hybridized carbons (Fsp3) is 0.296. The fourth-order valence-corrected chi connectivity index (χ4v) is 4.31. The van der Waals surface area contributed by atoms with E-state index in [0.29, 0.717) is 34.3 Å². The molecule has 12 heteroatoms. The van der Waals surface area contributed by atoms with E-state index < -0.39 is 23.1 Å². The van der Waals surface area contributed by atoms with Gasteiger partial charge in [-0.1, -0.05) is 18.2 Å². The first-order valence-electron chi connectivity index (χ1n) is 12.2. The molecular weight excluding hydrogens is 513 g/mol. The summed E-state index contributed by atoms with van der Waals surface area (Å²) in [5.74, 6) is -0.0601. The molecule has 0 amide bonds. The normalized spacial score (nSPS) is 16.6. The Morgan fingerprint density at radius 3 is 2.46 bits per heavy atom. The van der Waals surface area contributed by atoms with Crippen molar-refractivity contribution in [3.05, 3.63) is 71.6 Å². The minimum absolute atomic E-state index is 0.157. The van der Waals surface area contributed by atoms with Gasteiger partial charge < -0.3 is 25.9 Å². The molecule has 4 N–H and O–H groups in total. The summed E-state index contributed by atoms with van der Waals surface area (Å²) in [6.07, 6.45) is 3.28. The lowest BCUT2D eigenvalue weighted by Gasteiger charge is -2.19. The number of nitrogens with one attached hydrogen (secondary N) is 3. The molecule has 2 heterocycles. The van der Waals surface area contributed by atoms with Crippen molar-refractivity contribution >= 4 is 23.6 Å². The molecule has 5 rings (SSSR count). The zero-order chi connectivity index (χ0) is 27.8. The Balaban J connectivity index is 1.43. The molecule has 0 atom stereocenters. The van der Waals surface area contributed by atoms with Crippen LogP contribution in [0.1, 0.15) is 42.5 Å². The van der Waals surface area contributed by atoms with E-state index in [2.05, 4.69) is 25.6 Å². The second-order valence-corrected chi connectivity index (χ2v) is 9.45. The number of allylic oxidation sites excluding steroid dienone is 1. The van der Waals surface area contributed by atoms with E-state index in [1.165, 1.54) is 30.7 Å². The summed E-state index contributed by atoms with van der Waals surface area (Å²) in [5.41, 5.74) is -1.23. The number of hydrogen-bond donors (Lipinski definition) is 4. The number of alkyl halides is 3. The van der Waals surface area contributed by atoms with Crippen molar-refractivity contribution in [3.63, 3.8) is 0 Å². The number of carboxylic acid groups (broad SMARTS) is 1. The van der Waals surface area contributed by atoms with Gasteiger partial charge in [-0.15, -0.1) is 0 Å². The van der Waals surface area contributed by atoms with Crippen molar-refractivity contribution in [2.45, 2.75) is 43.4 Å². The molecule has 0 radical (unpaired) electrons. The van der Waals surface area contributed by atoms with Crippen molar-refractivity contribution in [3.8, 4) is 17.0 Å². The number of ether oxygens (including phenoxy) is 1. The van der Waals surface area contributed by atoms with Crippen LogP contribution in [0.4, 0.5) is 19.0 Å². The summed E-state index contributed by atoms with van der Waals surface area (Å²) in [6, 6.07) is 6.89. The van der Waals surface area contributed by atoms with E-state index in [9.17, 15) is 23.1 Å². The first-order chi connectivity index (χ1) is 18.6. The predicted octanol–water partition coefficient (Wildman–Crippen LogP) is 4.86. The number of pyridine rings is 1. The maximum atomic E-state index is 13.9. The molecule has 0 bridgehead atoms. The Morgan fingerprint density at radius 2 is 1.90 bits per heavy atom. The average Bonchev–Trinajstić information content (AvgIpc) is 3.84. The van der Waals surface area contributed by atoms with E-state index in [1.807, 2.05) is 0 Å². The number of aromatic nitrogens is 3. The molecule has 2 saturated carbocycles. The van der Waals surface area contributed by atoms with Crippen molar-refractivity contribution in [2.24, 2.45) is 0 Å². The van der Waals surface area contributed by atoms with Crippen LogP contribution in [0.2, 0.25) is 0 Å². The molecule has 2 aliphatic rings. The number of aliphatic carboxylic acids is 1. The van der Waals surface area contributed by atoms with E-state index >= 15 is 0 Å². The molecule has 0 unspecified atom stereocenters. The van der Waals surface area contributed by atoms with Crippen molar-refractivity contribution < 1.29 is 27.8 Å². The highest BCUT2D eigenvalue weighted by atomic mass is 19.4. The molecule has 202 valence electrons. The lowest BCUT2D eigenvalue weighted by Crippen LogP contribution is -2.24. The van der Waals surface area contributed by atoms with Gasteiger partial charge in [-0.3, -0.25) is 14.8 Å². The fourth-order valence-electron chi connectivity index (χ4n) is 4.31. The number of anilines is 1. The second-order valence-electron chi connectivity index (χ2n) is 9.45. The molecule has 2 aromatic heterocycles. The highest BCUT2D eigenvalue weighted by molar-refractivity contribution is 6.09. The summed E-state index contributed by atoms with van der Waals surface area (Å²) in [5, 5.41) is 23.5. The predicted molar refractivity (Wildman–Crippen MR) is 137 cm³/mol. The molecule has 9 nitrogen and oxygen atoms in total. The maximum Gasteiger partial charge on any atom is 0.416 e. The van der Waals surface area contributed by atoms with Crippen LogP contribution in [-0.4, -0.2) is 45.4 Å². The van der Waals surface area contributed by atoms with Crippen LogP contribution in [0.15, 0.2) is 54.7 Å². The minimum Gasteiger partial charge on any atom is -0.481 e.